The largest absolute Gasteiger partial charge is 0.481 e. The number of hydrogen-bond acceptors (Lipinski definition) is 5. The van der Waals surface area contributed by atoms with E-state index in [2.05, 4.69) is 0 Å². The van der Waals surface area contributed by atoms with Gasteiger partial charge in [0, 0.05) is 6.42 Å². The first-order valence-electron chi connectivity index (χ1n) is 4.56. The maximum absolute atomic E-state index is 11.4. The van der Waals surface area contributed by atoms with Crippen molar-refractivity contribution in [3.05, 3.63) is 0 Å². The standard InChI is InChI=1S/C8H12N2O6S/c1-5(4-9)17(15,16)10-6(8(13)14)2-3-7(11)12/h5-6,10H,2-3H2,1H3,(H,11,12)(H,13,14)/t5?,6-/m0/s1. The van der Waals surface area contributed by atoms with Gasteiger partial charge in [0.1, 0.15) is 6.04 Å². The zero-order valence-electron chi connectivity index (χ0n) is 8.95. The molecule has 0 saturated heterocycles. The van der Waals surface area contributed by atoms with Gasteiger partial charge in [0.15, 0.2) is 5.25 Å². The SMILES string of the molecule is CC(C#N)S(=O)(=O)N[C@@H](CCC(=O)O)C(=O)O. The van der Waals surface area contributed by atoms with E-state index >= 15 is 0 Å². The molecule has 0 saturated carbocycles. The molecule has 0 aromatic rings. The van der Waals surface area contributed by atoms with Gasteiger partial charge in [-0.05, 0) is 13.3 Å². The van der Waals surface area contributed by atoms with Crippen LogP contribution in [0.1, 0.15) is 19.8 Å². The average molecular weight is 264 g/mol. The molecule has 0 aromatic carbocycles. The number of nitrogens with zero attached hydrogens (tertiary/aromatic N) is 1. The second-order valence-corrected chi connectivity index (χ2v) is 5.29. The highest BCUT2D eigenvalue weighted by Gasteiger charge is 2.28. The van der Waals surface area contributed by atoms with Crippen molar-refractivity contribution in [2.24, 2.45) is 0 Å². The van der Waals surface area contributed by atoms with E-state index in [1.807, 2.05) is 0 Å². The first-order chi connectivity index (χ1) is 7.70. The molecule has 0 aliphatic rings. The van der Waals surface area contributed by atoms with Crippen molar-refractivity contribution < 1.29 is 28.2 Å². The second kappa shape index (κ2) is 6.17. The maximum Gasteiger partial charge on any atom is 0.321 e. The summed E-state index contributed by atoms with van der Waals surface area (Å²) in [5, 5.41) is 24.1. The lowest BCUT2D eigenvalue weighted by atomic mass is 10.2. The minimum absolute atomic E-state index is 0.387. The zero-order valence-corrected chi connectivity index (χ0v) is 9.77. The molecule has 0 spiro atoms. The second-order valence-electron chi connectivity index (χ2n) is 3.26. The van der Waals surface area contributed by atoms with Crippen LogP contribution >= 0.6 is 0 Å². The summed E-state index contributed by atoms with van der Waals surface area (Å²) in [5.74, 6) is -2.72. The Bertz CT molecular complexity index is 437. The van der Waals surface area contributed by atoms with E-state index in [1.165, 1.54) is 6.07 Å². The van der Waals surface area contributed by atoms with Gasteiger partial charge in [0.25, 0.3) is 0 Å². The lowest BCUT2D eigenvalue weighted by Gasteiger charge is -2.14. The topological polar surface area (TPSA) is 145 Å². The average Bonchev–Trinajstić information content (AvgIpc) is 2.22. The predicted octanol–water partition coefficient (Wildman–Crippen LogP) is -0.864. The summed E-state index contributed by atoms with van der Waals surface area (Å²) in [6.45, 7) is 1.10. The number of rotatable bonds is 7. The van der Waals surface area contributed by atoms with Crippen LogP contribution in [0.5, 0.6) is 0 Å². The highest BCUT2D eigenvalue weighted by atomic mass is 32.2. The van der Waals surface area contributed by atoms with Gasteiger partial charge in [-0.2, -0.15) is 9.98 Å². The summed E-state index contributed by atoms with van der Waals surface area (Å²) in [4.78, 5) is 21.0. The Morgan fingerprint density at radius 2 is 1.94 bits per heavy atom. The van der Waals surface area contributed by atoms with Gasteiger partial charge in [0.2, 0.25) is 10.0 Å². The van der Waals surface area contributed by atoms with Crippen LogP contribution in [0.3, 0.4) is 0 Å². The number of carbonyl (C=O) groups is 2. The number of aliphatic carboxylic acids is 2. The molecule has 2 atom stereocenters. The molecule has 9 heteroatoms. The summed E-state index contributed by atoms with van der Waals surface area (Å²) in [5.41, 5.74) is 0. The fraction of sp³-hybridized carbons (Fsp3) is 0.625. The number of carboxylic acid groups (broad SMARTS) is 2. The smallest absolute Gasteiger partial charge is 0.321 e. The van der Waals surface area contributed by atoms with E-state index in [0.29, 0.717) is 0 Å². The monoisotopic (exact) mass is 264 g/mol. The van der Waals surface area contributed by atoms with Crippen LogP contribution in [0.4, 0.5) is 0 Å². The van der Waals surface area contributed by atoms with Gasteiger partial charge in [-0.15, -0.1) is 0 Å². The highest BCUT2D eigenvalue weighted by Crippen LogP contribution is 2.04. The van der Waals surface area contributed by atoms with Crippen molar-refractivity contribution in [1.82, 2.24) is 4.72 Å². The Hall–Kier alpha value is -1.66. The van der Waals surface area contributed by atoms with Gasteiger partial charge >= 0.3 is 11.9 Å². The molecule has 0 aliphatic heterocycles. The molecule has 8 nitrogen and oxygen atoms in total. The Balaban J connectivity index is 4.73. The Morgan fingerprint density at radius 3 is 2.29 bits per heavy atom. The van der Waals surface area contributed by atoms with E-state index in [-0.39, 0.29) is 6.42 Å². The Morgan fingerprint density at radius 1 is 1.41 bits per heavy atom. The maximum atomic E-state index is 11.4. The molecule has 0 bridgehead atoms. The predicted molar refractivity (Wildman–Crippen MR) is 55.4 cm³/mol. The van der Waals surface area contributed by atoms with Gasteiger partial charge < -0.3 is 10.2 Å². The van der Waals surface area contributed by atoms with Crippen LogP contribution in [0.15, 0.2) is 0 Å². The number of carboxylic acids is 2. The molecule has 0 fully saturated rings. The fourth-order valence-electron chi connectivity index (χ4n) is 0.870. The molecule has 0 amide bonds. The molecular formula is C8H12N2O6S. The number of nitrogens with one attached hydrogen (secondary N) is 1. The van der Waals surface area contributed by atoms with Crippen LogP contribution < -0.4 is 4.72 Å². The summed E-state index contributed by atoms with van der Waals surface area (Å²) in [7, 11) is -4.09. The van der Waals surface area contributed by atoms with Gasteiger partial charge in [-0.25, -0.2) is 8.42 Å². The van der Waals surface area contributed by atoms with Crippen LogP contribution in [-0.4, -0.2) is 41.9 Å². The minimum Gasteiger partial charge on any atom is -0.481 e. The van der Waals surface area contributed by atoms with E-state index in [1.54, 1.807) is 4.72 Å². The van der Waals surface area contributed by atoms with Crippen molar-refractivity contribution in [1.29, 1.82) is 5.26 Å². The molecule has 0 heterocycles. The lowest BCUT2D eigenvalue weighted by molar-refractivity contribution is -0.140. The van der Waals surface area contributed by atoms with Crippen LogP contribution in [0.2, 0.25) is 0 Å². The summed E-state index contributed by atoms with van der Waals surface area (Å²) in [6, 6.07) is -0.0945. The number of hydrogen-bond donors (Lipinski definition) is 3. The number of nitriles is 1. The summed E-state index contributed by atoms with van der Waals surface area (Å²) in [6.07, 6.45) is -0.873. The van der Waals surface area contributed by atoms with Crippen molar-refractivity contribution >= 4 is 22.0 Å². The molecule has 0 radical (unpaired) electrons. The van der Waals surface area contributed by atoms with Crippen molar-refractivity contribution in [2.45, 2.75) is 31.1 Å². The Kier molecular flexibility index (Phi) is 5.57. The quantitative estimate of drug-likeness (QED) is 0.542. The molecule has 3 N–H and O–H groups in total. The van der Waals surface area contributed by atoms with Crippen LogP contribution in [0, 0.1) is 11.3 Å². The van der Waals surface area contributed by atoms with E-state index in [9.17, 15) is 18.0 Å². The van der Waals surface area contributed by atoms with Crippen molar-refractivity contribution in [2.75, 3.05) is 0 Å². The van der Waals surface area contributed by atoms with Crippen molar-refractivity contribution in [3.63, 3.8) is 0 Å². The van der Waals surface area contributed by atoms with E-state index < -0.39 is 39.7 Å². The van der Waals surface area contributed by atoms with Crippen LogP contribution in [0.25, 0.3) is 0 Å². The summed E-state index contributed by atoms with van der Waals surface area (Å²) >= 11 is 0. The molecule has 0 aliphatic carbocycles. The molecule has 1 unspecified atom stereocenters. The minimum atomic E-state index is -4.09. The fourth-order valence-corrected chi connectivity index (χ4v) is 1.83. The third-order valence-electron chi connectivity index (χ3n) is 1.90. The van der Waals surface area contributed by atoms with Gasteiger partial charge in [-0.3, -0.25) is 9.59 Å². The lowest BCUT2D eigenvalue weighted by Crippen LogP contribution is -2.44. The molecule has 0 aromatic heterocycles. The third-order valence-corrected chi connectivity index (χ3v) is 3.55. The summed E-state index contributed by atoms with van der Waals surface area (Å²) < 4.78 is 24.5. The molecule has 0 rings (SSSR count). The molecular weight excluding hydrogens is 252 g/mol. The first kappa shape index (κ1) is 15.3. The Labute approximate surface area is 97.9 Å². The zero-order chi connectivity index (χ0) is 13.6. The van der Waals surface area contributed by atoms with E-state index in [0.717, 1.165) is 6.92 Å². The first-order valence-corrected chi connectivity index (χ1v) is 6.10. The van der Waals surface area contributed by atoms with E-state index in [4.69, 9.17) is 15.5 Å². The molecule has 17 heavy (non-hydrogen) atoms. The third kappa shape index (κ3) is 5.28. The molecule has 96 valence electrons. The normalized spacial score (nSPS) is 14.6. The van der Waals surface area contributed by atoms with Crippen LogP contribution in [-0.2, 0) is 19.6 Å². The van der Waals surface area contributed by atoms with Gasteiger partial charge in [0.05, 0.1) is 6.07 Å². The van der Waals surface area contributed by atoms with Crippen molar-refractivity contribution in [3.8, 4) is 6.07 Å². The highest BCUT2D eigenvalue weighted by molar-refractivity contribution is 7.90. The van der Waals surface area contributed by atoms with Gasteiger partial charge in [-0.1, -0.05) is 0 Å². The number of sulfonamides is 1.